The molecule has 1 aliphatic rings. The highest BCUT2D eigenvalue weighted by atomic mass is 16.1. The number of benzene rings is 1. The first-order valence-electron chi connectivity index (χ1n) is 8.81. The Hall–Kier alpha value is -3.09. The van der Waals surface area contributed by atoms with Gasteiger partial charge in [-0.15, -0.1) is 0 Å². The third-order valence-electron chi connectivity index (χ3n) is 4.77. The van der Waals surface area contributed by atoms with Crippen LogP contribution in [0, 0.1) is 13.8 Å². The van der Waals surface area contributed by atoms with Gasteiger partial charge in [0.2, 0.25) is 11.9 Å². The first kappa shape index (κ1) is 16.4. The Morgan fingerprint density at radius 3 is 2.69 bits per heavy atom. The number of rotatable bonds is 4. The molecular weight excluding hydrogens is 328 g/mol. The molecule has 1 fully saturated rings. The molecule has 3 heterocycles. The van der Waals surface area contributed by atoms with Crippen molar-refractivity contribution in [3.05, 3.63) is 41.1 Å². The number of nitrogens with two attached hydrogens (primary N) is 1. The van der Waals surface area contributed by atoms with E-state index in [2.05, 4.69) is 15.2 Å². The molecule has 0 unspecified atom stereocenters. The average molecular weight is 350 g/mol. The van der Waals surface area contributed by atoms with E-state index in [0.29, 0.717) is 5.56 Å². The summed E-state index contributed by atoms with van der Waals surface area (Å²) in [4.78, 5) is 26.5. The van der Waals surface area contributed by atoms with Crippen molar-refractivity contribution in [2.24, 2.45) is 5.73 Å². The molecule has 26 heavy (non-hydrogen) atoms. The summed E-state index contributed by atoms with van der Waals surface area (Å²) >= 11 is 0. The van der Waals surface area contributed by atoms with Gasteiger partial charge in [0, 0.05) is 30.0 Å². The van der Waals surface area contributed by atoms with E-state index in [9.17, 15) is 4.79 Å². The quantitative estimate of drug-likeness (QED) is 0.671. The van der Waals surface area contributed by atoms with Gasteiger partial charge in [-0.3, -0.25) is 4.79 Å². The number of nitrogens with one attached hydrogen (secondary N) is 2. The summed E-state index contributed by atoms with van der Waals surface area (Å²) in [5, 5.41) is 4.31. The molecule has 1 aromatic carbocycles. The van der Waals surface area contributed by atoms with Gasteiger partial charge in [-0.05, 0) is 50.5 Å². The molecule has 1 saturated heterocycles. The van der Waals surface area contributed by atoms with Gasteiger partial charge in [0.25, 0.3) is 0 Å². The molecule has 4 rings (SSSR count). The molecular formula is C19H22N6O. The molecule has 0 atom stereocenters. The number of hydrogen-bond donors (Lipinski definition) is 3. The lowest BCUT2D eigenvalue weighted by Crippen LogP contribution is -2.21. The van der Waals surface area contributed by atoms with E-state index in [1.54, 1.807) is 12.1 Å². The van der Waals surface area contributed by atoms with E-state index in [0.717, 1.165) is 65.7 Å². The standard InChI is InChI=1S/C19H22N6O/c1-11-5-6-13(16(20)26)10-15(11)22-18-14-9-12(2)21-17(14)23-19(24-18)25-7-3-4-8-25/h5-6,9-10H,3-4,7-8H2,1-2H3,(H2,20,26)(H2,21,22,23,24). The molecule has 2 aromatic heterocycles. The maximum absolute atomic E-state index is 11.5. The van der Waals surface area contributed by atoms with Crippen molar-refractivity contribution in [3.63, 3.8) is 0 Å². The zero-order chi connectivity index (χ0) is 18.3. The summed E-state index contributed by atoms with van der Waals surface area (Å²) in [6.45, 7) is 5.93. The molecule has 0 saturated carbocycles. The number of carbonyl (C=O) groups excluding carboxylic acids is 1. The monoisotopic (exact) mass is 350 g/mol. The number of anilines is 3. The van der Waals surface area contributed by atoms with E-state index in [1.165, 1.54) is 0 Å². The fraction of sp³-hybridized carbons (Fsp3) is 0.316. The Bertz CT molecular complexity index is 987. The second-order valence-corrected chi connectivity index (χ2v) is 6.80. The van der Waals surface area contributed by atoms with Crippen LogP contribution < -0.4 is 16.0 Å². The van der Waals surface area contributed by atoms with Crippen LogP contribution in [0.15, 0.2) is 24.3 Å². The molecule has 7 heteroatoms. The molecule has 134 valence electrons. The molecule has 0 aliphatic carbocycles. The fourth-order valence-electron chi connectivity index (χ4n) is 3.32. The molecule has 4 N–H and O–H groups in total. The highest BCUT2D eigenvalue weighted by Crippen LogP contribution is 2.29. The van der Waals surface area contributed by atoms with Crippen LogP contribution in [0.2, 0.25) is 0 Å². The lowest BCUT2D eigenvalue weighted by atomic mass is 10.1. The van der Waals surface area contributed by atoms with Crippen LogP contribution in [0.5, 0.6) is 0 Å². The molecule has 3 aromatic rings. The Balaban J connectivity index is 1.80. The first-order valence-corrected chi connectivity index (χ1v) is 8.81. The average Bonchev–Trinajstić information content (AvgIpc) is 3.25. The summed E-state index contributed by atoms with van der Waals surface area (Å²) in [6.07, 6.45) is 2.32. The van der Waals surface area contributed by atoms with Gasteiger partial charge < -0.3 is 20.9 Å². The van der Waals surface area contributed by atoms with Crippen molar-refractivity contribution in [1.82, 2.24) is 15.0 Å². The number of H-pyrrole nitrogens is 1. The van der Waals surface area contributed by atoms with Gasteiger partial charge in [0.05, 0.1) is 5.39 Å². The van der Waals surface area contributed by atoms with Crippen LogP contribution >= 0.6 is 0 Å². The van der Waals surface area contributed by atoms with Crippen LogP contribution in [0.3, 0.4) is 0 Å². The van der Waals surface area contributed by atoms with E-state index in [-0.39, 0.29) is 0 Å². The number of amides is 1. The van der Waals surface area contributed by atoms with Crippen molar-refractivity contribution < 1.29 is 4.79 Å². The number of fused-ring (bicyclic) bond motifs is 1. The highest BCUT2D eigenvalue weighted by molar-refractivity contribution is 5.95. The largest absolute Gasteiger partial charge is 0.366 e. The summed E-state index contributed by atoms with van der Waals surface area (Å²) in [6, 6.07) is 7.40. The number of aromatic nitrogens is 3. The van der Waals surface area contributed by atoms with E-state index >= 15 is 0 Å². The summed E-state index contributed by atoms with van der Waals surface area (Å²) in [7, 11) is 0. The summed E-state index contributed by atoms with van der Waals surface area (Å²) in [5.41, 5.74) is 9.55. The van der Waals surface area contributed by atoms with Crippen molar-refractivity contribution >= 4 is 34.4 Å². The lowest BCUT2D eigenvalue weighted by molar-refractivity contribution is 0.100. The van der Waals surface area contributed by atoms with Crippen molar-refractivity contribution in [1.29, 1.82) is 0 Å². The normalized spacial score (nSPS) is 14.2. The number of hydrogen-bond acceptors (Lipinski definition) is 5. The number of carbonyl (C=O) groups is 1. The van der Waals surface area contributed by atoms with Crippen LogP contribution in [0.1, 0.15) is 34.5 Å². The molecule has 1 aliphatic heterocycles. The summed E-state index contributed by atoms with van der Waals surface area (Å²) < 4.78 is 0. The van der Waals surface area contributed by atoms with Gasteiger partial charge in [-0.2, -0.15) is 9.97 Å². The molecule has 0 spiro atoms. The number of aromatic amines is 1. The Labute approximate surface area is 151 Å². The minimum absolute atomic E-state index is 0.448. The Morgan fingerprint density at radius 2 is 1.96 bits per heavy atom. The lowest BCUT2D eigenvalue weighted by Gasteiger charge is -2.17. The van der Waals surface area contributed by atoms with Gasteiger partial charge >= 0.3 is 0 Å². The first-order chi connectivity index (χ1) is 12.5. The zero-order valence-electron chi connectivity index (χ0n) is 15.0. The maximum Gasteiger partial charge on any atom is 0.248 e. The summed E-state index contributed by atoms with van der Waals surface area (Å²) in [5.74, 6) is 1.00. The number of primary amides is 1. The minimum atomic E-state index is -0.448. The molecule has 7 nitrogen and oxygen atoms in total. The van der Waals surface area contributed by atoms with Gasteiger partial charge in [0.15, 0.2) is 0 Å². The van der Waals surface area contributed by atoms with Crippen LogP contribution in [-0.4, -0.2) is 33.9 Å². The van der Waals surface area contributed by atoms with Crippen molar-refractivity contribution in [3.8, 4) is 0 Å². The minimum Gasteiger partial charge on any atom is -0.366 e. The third kappa shape index (κ3) is 2.96. The second-order valence-electron chi connectivity index (χ2n) is 6.80. The maximum atomic E-state index is 11.5. The van der Waals surface area contributed by atoms with Gasteiger partial charge in [0.1, 0.15) is 11.5 Å². The number of nitrogens with zero attached hydrogens (tertiary/aromatic N) is 3. The van der Waals surface area contributed by atoms with Gasteiger partial charge in [-0.25, -0.2) is 0 Å². The fourth-order valence-corrected chi connectivity index (χ4v) is 3.32. The smallest absolute Gasteiger partial charge is 0.248 e. The Morgan fingerprint density at radius 1 is 1.19 bits per heavy atom. The van der Waals surface area contributed by atoms with E-state index in [4.69, 9.17) is 15.7 Å². The van der Waals surface area contributed by atoms with Crippen LogP contribution in [0.25, 0.3) is 11.0 Å². The van der Waals surface area contributed by atoms with Crippen LogP contribution in [0.4, 0.5) is 17.5 Å². The SMILES string of the molecule is Cc1cc2c(Nc3cc(C(N)=O)ccc3C)nc(N3CCCC3)nc2[nH]1. The molecule has 0 radical (unpaired) electrons. The molecule has 0 bridgehead atoms. The predicted molar refractivity (Wildman–Crippen MR) is 103 cm³/mol. The molecule has 1 amide bonds. The highest BCUT2D eigenvalue weighted by Gasteiger charge is 2.19. The number of aryl methyl sites for hydroxylation is 2. The van der Waals surface area contributed by atoms with Crippen molar-refractivity contribution in [2.75, 3.05) is 23.3 Å². The Kier molecular flexibility index (Phi) is 3.99. The van der Waals surface area contributed by atoms with Crippen LogP contribution in [-0.2, 0) is 0 Å². The topological polar surface area (TPSA) is 99.9 Å². The third-order valence-corrected chi connectivity index (χ3v) is 4.77. The van der Waals surface area contributed by atoms with Crippen molar-refractivity contribution in [2.45, 2.75) is 26.7 Å². The predicted octanol–water partition coefficient (Wildman–Crippen LogP) is 3.02. The zero-order valence-corrected chi connectivity index (χ0v) is 15.0. The van der Waals surface area contributed by atoms with E-state index < -0.39 is 5.91 Å². The second kappa shape index (κ2) is 6.33. The van der Waals surface area contributed by atoms with Gasteiger partial charge in [-0.1, -0.05) is 6.07 Å². The van der Waals surface area contributed by atoms with E-state index in [1.807, 2.05) is 26.0 Å².